The minimum atomic E-state index is -0.388. The van der Waals surface area contributed by atoms with Crippen LogP contribution in [0.1, 0.15) is 12.0 Å². The number of carbonyl (C=O) groups is 2. The van der Waals surface area contributed by atoms with Crippen molar-refractivity contribution in [1.82, 2.24) is 0 Å². The van der Waals surface area contributed by atoms with Gasteiger partial charge in [-0.25, -0.2) is 0 Å². The third kappa shape index (κ3) is 3.69. The number of hydrogen-bond acceptors (Lipinski definition) is 3. The van der Waals surface area contributed by atoms with Crippen molar-refractivity contribution in [3.63, 3.8) is 0 Å². The molecule has 1 N–H and O–H groups in total. The van der Waals surface area contributed by atoms with Crippen molar-refractivity contribution in [3.8, 4) is 5.75 Å². The van der Waals surface area contributed by atoms with Crippen LogP contribution < -0.4 is 15.0 Å². The number of carbonyl (C=O) groups excluding carboxylic acids is 2. The molecule has 1 saturated heterocycles. The van der Waals surface area contributed by atoms with Gasteiger partial charge in [-0.3, -0.25) is 9.59 Å². The van der Waals surface area contributed by atoms with Gasteiger partial charge in [-0.15, -0.1) is 0 Å². The summed E-state index contributed by atoms with van der Waals surface area (Å²) in [7, 11) is 1.56. The predicted octanol–water partition coefficient (Wildman–Crippen LogP) is 3.76. The second-order valence-corrected chi connectivity index (χ2v) is 6.88. The molecule has 130 valence electrons. The van der Waals surface area contributed by atoms with Crippen molar-refractivity contribution in [2.45, 2.75) is 13.3 Å². The molecular weight excluding hydrogens is 384 g/mol. The zero-order valence-electron chi connectivity index (χ0n) is 14.1. The molecule has 0 aromatic heterocycles. The summed E-state index contributed by atoms with van der Waals surface area (Å²) < 4.78 is 6.24. The molecule has 0 spiro atoms. The van der Waals surface area contributed by atoms with Crippen LogP contribution in [-0.2, 0) is 9.59 Å². The molecule has 1 fully saturated rings. The molecule has 1 atom stereocenters. The fraction of sp³-hybridized carbons (Fsp3) is 0.263. The topological polar surface area (TPSA) is 58.6 Å². The van der Waals surface area contributed by atoms with E-state index in [1.54, 1.807) is 24.1 Å². The van der Waals surface area contributed by atoms with Crippen molar-refractivity contribution in [1.29, 1.82) is 0 Å². The highest BCUT2D eigenvalue weighted by molar-refractivity contribution is 9.10. The maximum atomic E-state index is 12.6. The fourth-order valence-corrected chi connectivity index (χ4v) is 3.16. The van der Waals surface area contributed by atoms with E-state index in [9.17, 15) is 9.59 Å². The molecule has 0 saturated carbocycles. The molecule has 1 heterocycles. The summed E-state index contributed by atoms with van der Waals surface area (Å²) in [5.41, 5.74) is 2.48. The van der Waals surface area contributed by atoms with Crippen molar-refractivity contribution >= 4 is 39.1 Å². The van der Waals surface area contributed by atoms with Crippen LogP contribution in [0.5, 0.6) is 5.75 Å². The van der Waals surface area contributed by atoms with E-state index >= 15 is 0 Å². The van der Waals surface area contributed by atoms with Gasteiger partial charge in [0.05, 0.1) is 18.7 Å². The molecule has 3 rings (SSSR count). The number of ether oxygens (including phenoxy) is 1. The highest BCUT2D eigenvalue weighted by atomic mass is 79.9. The van der Waals surface area contributed by atoms with Crippen molar-refractivity contribution < 1.29 is 14.3 Å². The third-order valence-corrected chi connectivity index (χ3v) is 5.20. The lowest BCUT2D eigenvalue weighted by molar-refractivity contribution is -0.122. The molecule has 25 heavy (non-hydrogen) atoms. The Morgan fingerprint density at radius 1 is 1.28 bits per heavy atom. The van der Waals surface area contributed by atoms with E-state index in [4.69, 9.17) is 4.74 Å². The molecule has 0 unspecified atom stereocenters. The second kappa shape index (κ2) is 7.27. The molecule has 5 nitrogen and oxygen atoms in total. The Balaban J connectivity index is 1.73. The smallest absolute Gasteiger partial charge is 0.229 e. The summed E-state index contributed by atoms with van der Waals surface area (Å²) >= 11 is 3.46. The Labute approximate surface area is 155 Å². The summed E-state index contributed by atoms with van der Waals surface area (Å²) in [5, 5.41) is 2.87. The van der Waals surface area contributed by atoms with E-state index in [0.717, 1.165) is 15.7 Å². The van der Waals surface area contributed by atoms with Crippen molar-refractivity contribution in [2.75, 3.05) is 23.9 Å². The van der Waals surface area contributed by atoms with Crippen LogP contribution in [0.25, 0.3) is 0 Å². The number of nitrogens with one attached hydrogen (secondary N) is 1. The number of methoxy groups -OCH3 is 1. The zero-order chi connectivity index (χ0) is 18.0. The van der Waals surface area contributed by atoms with Gasteiger partial charge in [0.2, 0.25) is 11.8 Å². The molecule has 0 radical (unpaired) electrons. The number of aryl methyl sites for hydroxylation is 1. The first-order valence-corrected chi connectivity index (χ1v) is 8.79. The number of nitrogens with zero attached hydrogens (tertiary/aromatic N) is 1. The van der Waals surface area contributed by atoms with Gasteiger partial charge in [-0.05, 0) is 42.8 Å². The number of anilines is 2. The van der Waals surface area contributed by atoms with Gasteiger partial charge in [0.15, 0.2) is 0 Å². The molecule has 1 aliphatic rings. The van der Waals surface area contributed by atoms with Gasteiger partial charge >= 0.3 is 0 Å². The quantitative estimate of drug-likeness (QED) is 0.846. The lowest BCUT2D eigenvalue weighted by Crippen LogP contribution is -2.28. The highest BCUT2D eigenvalue weighted by Crippen LogP contribution is 2.30. The van der Waals surface area contributed by atoms with E-state index in [2.05, 4.69) is 21.2 Å². The van der Waals surface area contributed by atoms with E-state index < -0.39 is 0 Å². The first-order chi connectivity index (χ1) is 12.0. The van der Waals surface area contributed by atoms with Crippen LogP contribution in [0.4, 0.5) is 11.4 Å². The van der Waals surface area contributed by atoms with E-state index in [-0.39, 0.29) is 24.2 Å². The first-order valence-electron chi connectivity index (χ1n) is 8.00. The third-order valence-electron chi connectivity index (χ3n) is 4.31. The molecule has 2 amide bonds. The average Bonchev–Trinajstić information content (AvgIpc) is 3.00. The molecule has 0 bridgehead atoms. The van der Waals surface area contributed by atoms with Gasteiger partial charge < -0.3 is 15.0 Å². The van der Waals surface area contributed by atoms with Gasteiger partial charge in [-0.1, -0.05) is 28.1 Å². The number of halogens is 1. The predicted molar refractivity (Wildman–Crippen MR) is 101 cm³/mol. The van der Waals surface area contributed by atoms with Gasteiger partial charge in [0.1, 0.15) is 5.75 Å². The fourth-order valence-electron chi connectivity index (χ4n) is 2.91. The molecule has 2 aromatic rings. The van der Waals surface area contributed by atoms with Crippen LogP contribution in [-0.4, -0.2) is 25.5 Å². The molecular formula is C19H19BrN2O3. The average molecular weight is 403 g/mol. The van der Waals surface area contributed by atoms with Crippen LogP contribution in [0.2, 0.25) is 0 Å². The van der Waals surface area contributed by atoms with Crippen LogP contribution in [0.15, 0.2) is 46.9 Å². The van der Waals surface area contributed by atoms with E-state index in [1.807, 2.05) is 37.3 Å². The maximum Gasteiger partial charge on any atom is 0.229 e. The molecule has 6 heteroatoms. The molecule has 2 aromatic carbocycles. The largest absolute Gasteiger partial charge is 0.495 e. The van der Waals surface area contributed by atoms with E-state index in [1.165, 1.54) is 0 Å². The lowest BCUT2D eigenvalue weighted by Gasteiger charge is -2.18. The van der Waals surface area contributed by atoms with Crippen molar-refractivity contribution in [2.24, 2.45) is 5.92 Å². The van der Waals surface area contributed by atoms with Crippen LogP contribution >= 0.6 is 15.9 Å². The molecule has 1 aliphatic heterocycles. The number of hydrogen-bond donors (Lipinski definition) is 1. The van der Waals surface area contributed by atoms with Crippen molar-refractivity contribution in [3.05, 3.63) is 52.5 Å². The minimum absolute atomic E-state index is 0.0399. The second-order valence-electron chi connectivity index (χ2n) is 6.03. The minimum Gasteiger partial charge on any atom is -0.495 e. The Bertz CT molecular complexity index is 822. The highest BCUT2D eigenvalue weighted by Gasteiger charge is 2.35. The Morgan fingerprint density at radius 3 is 2.76 bits per heavy atom. The maximum absolute atomic E-state index is 12.6. The number of para-hydroxylation sites is 2. The summed E-state index contributed by atoms with van der Waals surface area (Å²) in [6, 6.07) is 13.0. The lowest BCUT2D eigenvalue weighted by atomic mass is 10.1. The monoisotopic (exact) mass is 402 g/mol. The summed E-state index contributed by atoms with van der Waals surface area (Å²) in [6.45, 7) is 2.35. The summed E-state index contributed by atoms with van der Waals surface area (Å²) in [6.07, 6.45) is 0.204. The number of amides is 2. The number of rotatable bonds is 4. The van der Waals surface area contributed by atoms with E-state index in [0.29, 0.717) is 18.0 Å². The van der Waals surface area contributed by atoms with Crippen LogP contribution in [0, 0.1) is 12.8 Å². The van der Waals surface area contributed by atoms with Gasteiger partial charge in [0.25, 0.3) is 0 Å². The number of benzene rings is 2. The van der Waals surface area contributed by atoms with Crippen LogP contribution in [0.3, 0.4) is 0 Å². The Hall–Kier alpha value is -2.34. The van der Waals surface area contributed by atoms with Gasteiger partial charge in [0, 0.05) is 23.1 Å². The van der Waals surface area contributed by atoms with Gasteiger partial charge in [-0.2, -0.15) is 0 Å². The standard InChI is InChI=1S/C19H19BrN2O3/c1-12-9-14(7-8-15(12)20)22-11-13(10-18(22)23)19(24)21-16-5-3-4-6-17(16)25-2/h3-9,13H,10-11H2,1-2H3,(H,21,24)/t13-/m0/s1. The SMILES string of the molecule is COc1ccccc1NC(=O)[C@H]1CC(=O)N(c2ccc(Br)c(C)c2)C1. The Kier molecular flexibility index (Phi) is 5.08. The first kappa shape index (κ1) is 17.5. The summed E-state index contributed by atoms with van der Waals surface area (Å²) in [4.78, 5) is 26.6. The Morgan fingerprint density at radius 2 is 2.04 bits per heavy atom. The molecule has 0 aliphatic carbocycles. The zero-order valence-corrected chi connectivity index (χ0v) is 15.7. The summed E-state index contributed by atoms with van der Waals surface area (Å²) in [5.74, 6) is -0.00184. The normalized spacial score (nSPS) is 16.8.